The van der Waals surface area contributed by atoms with Crippen LogP contribution in [0, 0.1) is 0 Å². The maximum atomic E-state index is 11.6. The zero-order valence-corrected chi connectivity index (χ0v) is 15.8. The first-order chi connectivity index (χ1) is 11.6. The van der Waals surface area contributed by atoms with E-state index in [2.05, 4.69) is 22.5 Å². The van der Waals surface area contributed by atoms with Gasteiger partial charge < -0.3 is 4.74 Å². The van der Waals surface area contributed by atoms with Crippen molar-refractivity contribution in [2.24, 2.45) is 0 Å². The molecular formula is C20H19BrO2S. The molecule has 0 fully saturated rings. The van der Waals surface area contributed by atoms with Gasteiger partial charge in [-0.1, -0.05) is 60.3 Å². The van der Waals surface area contributed by atoms with E-state index < -0.39 is 0 Å². The number of hydrogen-bond acceptors (Lipinski definition) is 3. The third kappa shape index (κ3) is 5.39. The van der Waals surface area contributed by atoms with E-state index in [-0.39, 0.29) is 11.9 Å². The lowest BCUT2D eigenvalue weighted by atomic mass is 9.94. The Labute approximate surface area is 155 Å². The number of carbonyl (C=O) groups is 1. The molecule has 0 spiro atoms. The van der Waals surface area contributed by atoms with E-state index in [1.807, 2.05) is 66.1 Å². The molecule has 0 radical (unpaired) electrons. The van der Waals surface area contributed by atoms with Crippen molar-refractivity contribution < 1.29 is 9.53 Å². The van der Waals surface area contributed by atoms with Gasteiger partial charge in [0.15, 0.2) is 0 Å². The first kappa shape index (κ1) is 18.6. The van der Waals surface area contributed by atoms with Crippen LogP contribution >= 0.6 is 27.7 Å². The van der Waals surface area contributed by atoms with Crippen LogP contribution < -0.4 is 0 Å². The predicted octanol–water partition coefficient (Wildman–Crippen LogP) is 6.31. The Morgan fingerprint density at radius 3 is 2.50 bits per heavy atom. The summed E-state index contributed by atoms with van der Waals surface area (Å²) in [6, 6.07) is 18.0. The van der Waals surface area contributed by atoms with E-state index in [9.17, 15) is 4.79 Å². The molecule has 1 unspecified atom stereocenters. The van der Waals surface area contributed by atoms with Crippen LogP contribution in [0.4, 0.5) is 0 Å². The second-order valence-electron chi connectivity index (χ2n) is 5.15. The Hall–Kier alpha value is -1.78. The van der Waals surface area contributed by atoms with Crippen molar-refractivity contribution in [3.63, 3.8) is 0 Å². The lowest BCUT2D eigenvalue weighted by Crippen LogP contribution is -2.08. The summed E-state index contributed by atoms with van der Waals surface area (Å²) in [5.74, 6) is 0.274. The molecule has 124 valence electrons. The Morgan fingerprint density at radius 1 is 1.21 bits per heavy atom. The molecule has 0 saturated heterocycles. The highest BCUT2D eigenvalue weighted by Gasteiger charge is 2.19. The van der Waals surface area contributed by atoms with Crippen LogP contribution in [0.15, 0.2) is 87.8 Å². The van der Waals surface area contributed by atoms with E-state index in [0.717, 1.165) is 14.9 Å². The van der Waals surface area contributed by atoms with Crippen LogP contribution in [0.3, 0.4) is 0 Å². The second-order valence-corrected chi connectivity index (χ2v) is 6.92. The summed E-state index contributed by atoms with van der Waals surface area (Å²) < 4.78 is 6.53. The van der Waals surface area contributed by atoms with Crippen molar-refractivity contribution in [2.75, 3.05) is 0 Å². The average molecular weight is 403 g/mol. The molecule has 2 aromatic rings. The molecule has 0 aliphatic heterocycles. The monoisotopic (exact) mass is 402 g/mol. The lowest BCUT2D eigenvalue weighted by Gasteiger charge is -2.19. The van der Waals surface area contributed by atoms with E-state index in [1.54, 1.807) is 0 Å². The zero-order valence-electron chi connectivity index (χ0n) is 13.4. The van der Waals surface area contributed by atoms with Crippen LogP contribution in [-0.2, 0) is 9.53 Å². The van der Waals surface area contributed by atoms with Gasteiger partial charge in [-0.15, -0.1) is 6.58 Å². The molecule has 0 N–H and O–H groups in total. The molecule has 2 rings (SSSR count). The van der Waals surface area contributed by atoms with Gasteiger partial charge in [-0.2, -0.15) is 0 Å². The highest BCUT2D eigenvalue weighted by atomic mass is 79.9. The van der Waals surface area contributed by atoms with Gasteiger partial charge in [0.25, 0.3) is 0 Å². The van der Waals surface area contributed by atoms with Crippen molar-refractivity contribution in [2.45, 2.75) is 24.2 Å². The van der Waals surface area contributed by atoms with Gasteiger partial charge >= 0.3 is 5.97 Å². The summed E-state index contributed by atoms with van der Waals surface area (Å²) in [7, 11) is 0. The molecule has 0 amide bonds. The van der Waals surface area contributed by atoms with Crippen LogP contribution in [0.1, 0.15) is 24.8 Å². The zero-order chi connectivity index (χ0) is 17.4. The minimum Gasteiger partial charge on any atom is -0.430 e. The SMILES string of the molecule is C=CCC(/C(=C/Sc1ccccc1Br)OC(C)=O)c1ccccc1. The fraction of sp³-hybridized carbons (Fsp3) is 0.150. The fourth-order valence-corrected chi connectivity index (χ4v) is 3.63. The maximum absolute atomic E-state index is 11.6. The number of allylic oxidation sites excluding steroid dienone is 2. The molecule has 24 heavy (non-hydrogen) atoms. The van der Waals surface area contributed by atoms with Gasteiger partial charge in [0.05, 0.1) is 0 Å². The quantitative estimate of drug-likeness (QED) is 0.235. The molecular weight excluding hydrogens is 384 g/mol. The van der Waals surface area contributed by atoms with Crippen molar-refractivity contribution in [3.8, 4) is 0 Å². The van der Waals surface area contributed by atoms with Crippen LogP contribution in [0.25, 0.3) is 0 Å². The summed E-state index contributed by atoms with van der Waals surface area (Å²) >= 11 is 5.06. The van der Waals surface area contributed by atoms with E-state index >= 15 is 0 Å². The Bertz CT molecular complexity index is 725. The van der Waals surface area contributed by atoms with Crippen molar-refractivity contribution in [3.05, 3.63) is 88.5 Å². The molecule has 4 heteroatoms. The summed E-state index contributed by atoms with van der Waals surface area (Å²) in [5.41, 5.74) is 1.10. The minimum absolute atomic E-state index is 0.0393. The van der Waals surface area contributed by atoms with Gasteiger partial charge in [0.1, 0.15) is 5.76 Å². The minimum atomic E-state index is -0.320. The van der Waals surface area contributed by atoms with Crippen molar-refractivity contribution in [1.82, 2.24) is 0 Å². The number of carbonyl (C=O) groups excluding carboxylic acids is 1. The number of hydrogen-bond donors (Lipinski definition) is 0. The van der Waals surface area contributed by atoms with Gasteiger partial charge in [0, 0.05) is 27.6 Å². The summed E-state index contributed by atoms with van der Waals surface area (Å²) in [6.07, 6.45) is 2.54. The highest BCUT2D eigenvalue weighted by molar-refractivity contribution is 9.10. The lowest BCUT2D eigenvalue weighted by molar-refractivity contribution is -0.137. The average Bonchev–Trinajstić information content (AvgIpc) is 2.58. The first-order valence-electron chi connectivity index (χ1n) is 7.57. The van der Waals surface area contributed by atoms with E-state index in [0.29, 0.717) is 12.2 Å². The van der Waals surface area contributed by atoms with Gasteiger partial charge in [-0.3, -0.25) is 4.79 Å². The maximum Gasteiger partial charge on any atom is 0.307 e. The number of esters is 1. The molecule has 0 aliphatic rings. The predicted molar refractivity (Wildman–Crippen MR) is 104 cm³/mol. The largest absolute Gasteiger partial charge is 0.430 e. The molecule has 0 bridgehead atoms. The standard InChI is InChI=1S/C20H19BrO2S/c1-3-9-17(16-10-5-4-6-11-16)19(23-15(2)22)14-24-20-13-8-7-12-18(20)21/h3-8,10-14,17H,1,9H2,2H3/b19-14-. The van der Waals surface area contributed by atoms with Crippen LogP contribution in [0.5, 0.6) is 0 Å². The second kappa shape index (κ2) is 9.50. The van der Waals surface area contributed by atoms with E-state index in [1.165, 1.54) is 18.7 Å². The van der Waals surface area contributed by atoms with Crippen molar-refractivity contribution in [1.29, 1.82) is 0 Å². The molecule has 2 aromatic carbocycles. The first-order valence-corrected chi connectivity index (χ1v) is 9.24. The Kier molecular flexibility index (Phi) is 7.35. The summed E-state index contributed by atoms with van der Waals surface area (Å²) in [5, 5.41) is 1.91. The molecule has 0 aromatic heterocycles. The highest BCUT2D eigenvalue weighted by Crippen LogP contribution is 2.34. The number of rotatable bonds is 7. The molecule has 2 nitrogen and oxygen atoms in total. The number of thioether (sulfide) groups is 1. The van der Waals surface area contributed by atoms with Crippen molar-refractivity contribution >= 4 is 33.7 Å². The Morgan fingerprint density at radius 2 is 1.88 bits per heavy atom. The molecule has 1 atom stereocenters. The van der Waals surface area contributed by atoms with E-state index in [4.69, 9.17) is 4.74 Å². The topological polar surface area (TPSA) is 26.3 Å². The Balaban J connectivity index is 2.34. The number of halogens is 1. The summed E-state index contributed by atoms with van der Waals surface area (Å²) in [4.78, 5) is 12.6. The third-order valence-electron chi connectivity index (χ3n) is 3.35. The van der Waals surface area contributed by atoms with Gasteiger partial charge in [0.2, 0.25) is 0 Å². The third-order valence-corrected chi connectivity index (χ3v) is 5.26. The van der Waals surface area contributed by atoms with Crippen LogP contribution in [-0.4, -0.2) is 5.97 Å². The fourth-order valence-electron chi connectivity index (χ4n) is 2.27. The molecule has 0 heterocycles. The molecule has 0 aliphatic carbocycles. The summed E-state index contributed by atoms with van der Waals surface area (Å²) in [6.45, 7) is 5.26. The number of benzene rings is 2. The number of ether oxygens (including phenoxy) is 1. The smallest absolute Gasteiger partial charge is 0.307 e. The normalized spacial score (nSPS) is 12.5. The van der Waals surface area contributed by atoms with Gasteiger partial charge in [-0.05, 0) is 40.0 Å². The molecule has 0 saturated carbocycles. The van der Waals surface area contributed by atoms with Crippen LogP contribution in [0.2, 0.25) is 0 Å². The van der Waals surface area contributed by atoms with Gasteiger partial charge in [-0.25, -0.2) is 0 Å².